The lowest BCUT2D eigenvalue weighted by molar-refractivity contribution is -0.131. The van der Waals surface area contributed by atoms with Crippen molar-refractivity contribution in [2.75, 3.05) is 0 Å². The number of ether oxygens (including phenoxy) is 1. The van der Waals surface area contributed by atoms with Gasteiger partial charge >= 0.3 is 5.97 Å². The Morgan fingerprint density at radius 2 is 1.56 bits per heavy atom. The van der Waals surface area contributed by atoms with Gasteiger partial charge in [-0.05, 0) is 30.7 Å². The number of aryl methyl sites for hydroxylation is 1. The second-order valence-electron chi connectivity index (χ2n) is 3.66. The second kappa shape index (κ2) is 7.51. The summed E-state index contributed by atoms with van der Waals surface area (Å²) in [6.45, 7) is 3.37. The zero-order valence-corrected chi connectivity index (χ0v) is 11.1. The van der Waals surface area contributed by atoms with Crippen molar-refractivity contribution in [3.05, 3.63) is 65.2 Å². The van der Waals surface area contributed by atoms with Crippen LogP contribution in [0.4, 0.5) is 0 Å². The lowest BCUT2D eigenvalue weighted by Crippen LogP contribution is -2.00. The first kappa shape index (κ1) is 14.3. The molecule has 0 fully saturated rings. The van der Waals surface area contributed by atoms with E-state index in [0.717, 1.165) is 10.6 Å². The fraction of sp³-hybridized carbons (Fsp3) is 0.133. The average molecular weight is 263 g/mol. The fourth-order valence-corrected chi connectivity index (χ4v) is 1.34. The van der Waals surface area contributed by atoms with Crippen LogP contribution < -0.4 is 4.74 Å². The summed E-state index contributed by atoms with van der Waals surface area (Å²) in [6.07, 6.45) is 0. The Morgan fingerprint density at radius 3 is 2.00 bits per heavy atom. The van der Waals surface area contributed by atoms with Gasteiger partial charge in [-0.15, -0.1) is 0 Å². The number of carbonyl (C=O) groups is 1. The van der Waals surface area contributed by atoms with Crippen LogP contribution in [0.2, 0.25) is 5.02 Å². The van der Waals surface area contributed by atoms with Gasteiger partial charge in [0.05, 0.1) is 0 Å². The van der Waals surface area contributed by atoms with Crippen molar-refractivity contribution in [1.29, 1.82) is 0 Å². The molecule has 0 atom stereocenters. The minimum absolute atomic E-state index is 0.286. The number of carbonyl (C=O) groups excluding carboxylic acids is 1. The number of hydrogen-bond donors (Lipinski definition) is 0. The maximum absolute atomic E-state index is 10.4. The Balaban J connectivity index is 0.000000184. The minimum atomic E-state index is -0.286. The lowest BCUT2D eigenvalue weighted by Gasteiger charge is -1.97. The molecule has 0 radical (unpaired) electrons. The number of para-hydroxylation sites is 1. The van der Waals surface area contributed by atoms with Crippen molar-refractivity contribution in [1.82, 2.24) is 0 Å². The predicted octanol–water partition coefficient (Wildman–Crippen LogP) is 4.26. The molecule has 2 aromatic rings. The Bertz CT molecular complexity index is 474. The van der Waals surface area contributed by atoms with Gasteiger partial charge < -0.3 is 4.74 Å². The van der Waals surface area contributed by atoms with Crippen molar-refractivity contribution in [2.24, 2.45) is 0 Å². The maximum Gasteiger partial charge on any atom is 0.308 e. The van der Waals surface area contributed by atoms with Crippen LogP contribution in [0.25, 0.3) is 0 Å². The van der Waals surface area contributed by atoms with Crippen LogP contribution >= 0.6 is 11.6 Å². The summed E-state index contributed by atoms with van der Waals surface area (Å²) in [5, 5.41) is 0.840. The number of hydrogen-bond acceptors (Lipinski definition) is 2. The Morgan fingerprint density at radius 1 is 1.00 bits per heavy atom. The fourth-order valence-electron chi connectivity index (χ4n) is 1.21. The lowest BCUT2D eigenvalue weighted by atomic mass is 10.2. The number of esters is 1. The third kappa shape index (κ3) is 5.51. The molecular formula is C15H15ClO2. The SMILES string of the molecule is CC(=O)Oc1ccccc1.Cc1ccccc1Cl. The molecule has 0 N–H and O–H groups in total. The largest absolute Gasteiger partial charge is 0.427 e. The van der Waals surface area contributed by atoms with Crippen molar-refractivity contribution in [3.8, 4) is 5.75 Å². The van der Waals surface area contributed by atoms with Crippen LogP contribution in [0.1, 0.15) is 12.5 Å². The van der Waals surface area contributed by atoms with Crippen LogP contribution in [0, 0.1) is 6.92 Å². The molecule has 0 aliphatic rings. The van der Waals surface area contributed by atoms with Gasteiger partial charge in [0.25, 0.3) is 0 Å². The summed E-state index contributed by atoms with van der Waals surface area (Å²) in [4.78, 5) is 10.4. The highest BCUT2D eigenvalue weighted by molar-refractivity contribution is 6.31. The molecule has 2 rings (SSSR count). The molecule has 0 saturated carbocycles. The Hall–Kier alpha value is -1.80. The topological polar surface area (TPSA) is 26.3 Å². The summed E-state index contributed by atoms with van der Waals surface area (Å²) >= 11 is 5.71. The molecule has 2 aromatic carbocycles. The zero-order chi connectivity index (χ0) is 13.4. The van der Waals surface area contributed by atoms with E-state index in [1.807, 2.05) is 49.4 Å². The summed E-state index contributed by atoms with van der Waals surface area (Å²) in [5.74, 6) is 0.307. The van der Waals surface area contributed by atoms with Gasteiger partial charge in [-0.2, -0.15) is 0 Å². The highest BCUT2D eigenvalue weighted by Gasteiger charge is 1.93. The van der Waals surface area contributed by atoms with Crippen molar-refractivity contribution in [2.45, 2.75) is 13.8 Å². The molecule has 0 amide bonds. The standard InChI is InChI=1S/C8H8O2.C7H7Cl/c1-7(9)10-8-5-3-2-4-6-8;1-6-4-2-3-5-7(6)8/h2-6H,1H3;2-5H,1H3. The highest BCUT2D eigenvalue weighted by Crippen LogP contribution is 2.11. The Labute approximate surface area is 112 Å². The van der Waals surface area contributed by atoms with Gasteiger partial charge in [0.15, 0.2) is 0 Å². The third-order valence-corrected chi connectivity index (χ3v) is 2.51. The highest BCUT2D eigenvalue weighted by atomic mass is 35.5. The minimum Gasteiger partial charge on any atom is -0.427 e. The molecule has 0 bridgehead atoms. The Kier molecular flexibility index (Phi) is 5.95. The van der Waals surface area contributed by atoms with Gasteiger partial charge in [0.2, 0.25) is 0 Å². The number of benzene rings is 2. The molecule has 0 saturated heterocycles. The smallest absolute Gasteiger partial charge is 0.308 e. The number of halogens is 1. The molecule has 0 aliphatic carbocycles. The molecule has 2 nitrogen and oxygen atoms in total. The van der Waals surface area contributed by atoms with E-state index in [0.29, 0.717) is 5.75 Å². The quantitative estimate of drug-likeness (QED) is 0.567. The van der Waals surface area contributed by atoms with Crippen LogP contribution in [0.5, 0.6) is 5.75 Å². The van der Waals surface area contributed by atoms with E-state index >= 15 is 0 Å². The maximum atomic E-state index is 10.4. The molecule has 0 aromatic heterocycles. The second-order valence-corrected chi connectivity index (χ2v) is 4.06. The van der Waals surface area contributed by atoms with Gasteiger partial charge in [0.1, 0.15) is 5.75 Å². The summed E-state index contributed by atoms with van der Waals surface area (Å²) in [5.41, 5.74) is 1.13. The third-order valence-electron chi connectivity index (χ3n) is 2.08. The summed E-state index contributed by atoms with van der Waals surface area (Å²) in [6, 6.07) is 16.8. The first-order valence-electron chi connectivity index (χ1n) is 5.54. The summed E-state index contributed by atoms with van der Waals surface area (Å²) in [7, 11) is 0. The average Bonchev–Trinajstić information content (AvgIpc) is 2.34. The van der Waals surface area contributed by atoms with E-state index in [2.05, 4.69) is 0 Å². The molecular weight excluding hydrogens is 248 g/mol. The van der Waals surface area contributed by atoms with E-state index < -0.39 is 0 Å². The number of rotatable bonds is 1. The van der Waals surface area contributed by atoms with Gasteiger partial charge in [-0.1, -0.05) is 48.0 Å². The van der Waals surface area contributed by atoms with Crippen molar-refractivity contribution >= 4 is 17.6 Å². The van der Waals surface area contributed by atoms with Gasteiger partial charge in [-0.25, -0.2) is 0 Å². The normalized spacial score (nSPS) is 9.06. The molecule has 0 spiro atoms. The van der Waals surface area contributed by atoms with E-state index in [4.69, 9.17) is 16.3 Å². The molecule has 18 heavy (non-hydrogen) atoms. The summed E-state index contributed by atoms with van der Waals surface area (Å²) < 4.78 is 4.78. The molecule has 0 aliphatic heterocycles. The van der Waals surface area contributed by atoms with Crippen LogP contribution in [0.15, 0.2) is 54.6 Å². The van der Waals surface area contributed by atoms with E-state index in [1.54, 1.807) is 12.1 Å². The van der Waals surface area contributed by atoms with E-state index in [1.165, 1.54) is 6.92 Å². The zero-order valence-electron chi connectivity index (χ0n) is 10.4. The molecule has 0 heterocycles. The van der Waals surface area contributed by atoms with E-state index in [9.17, 15) is 4.79 Å². The van der Waals surface area contributed by atoms with Crippen LogP contribution in [-0.2, 0) is 4.79 Å². The monoisotopic (exact) mass is 262 g/mol. The molecule has 3 heteroatoms. The van der Waals surface area contributed by atoms with Gasteiger partial charge in [-0.3, -0.25) is 4.79 Å². The first-order valence-corrected chi connectivity index (χ1v) is 5.92. The van der Waals surface area contributed by atoms with Crippen LogP contribution in [0.3, 0.4) is 0 Å². The predicted molar refractivity (Wildman–Crippen MR) is 73.9 cm³/mol. The van der Waals surface area contributed by atoms with Crippen molar-refractivity contribution < 1.29 is 9.53 Å². The molecule has 0 unspecified atom stereocenters. The van der Waals surface area contributed by atoms with E-state index in [-0.39, 0.29) is 5.97 Å². The first-order chi connectivity index (χ1) is 8.59. The van der Waals surface area contributed by atoms with Crippen LogP contribution in [-0.4, -0.2) is 5.97 Å². The molecule has 94 valence electrons. The van der Waals surface area contributed by atoms with Gasteiger partial charge in [0, 0.05) is 11.9 Å². The van der Waals surface area contributed by atoms with Crippen molar-refractivity contribution in [3.63, 3.8) is 0 Å².